The monoisotopic (exact) mass is 397 g/mol. The Bertz CT molecular complexity index is 961. The average molecular weight is 397 g/mol. The van der Waals surface area contributed by atoms with Crippen molar-refractivity contribution in [3.63, 3.8) is 0 Å². The quantitative estimate of drug-likeness (QED) is 0.491. The Morgan fingerprint density at radius 1 is 1.30 bits per heavy atom. The first-order valence-corrected chi connectivity index (χ1v) is 8.74. The molecule has 0 aliphatic heterocycles. The number of carbonyl (C=O) groups is 1. The number of hydrogen-bond donors (Lipinski definition) is 2. The van der Waals surface area contributed by atoms with Crippen LogP contribution in [0.25, 0.3) is 11.0 Å². The number of carbonyl (C=O) groups excluding carboxylic acids is 1. The first kappa shape index (κ1) is 19.1. The smallest absolute Gasteiger partial charge is 0.394 e. The molecular weight excluding hydrogens is 383 g/mol. The topological polar surface area (TPSA) is 92.9 Å². The Labute approximate surface area is 155 Å². The van der Waals surface area contributed by atoms with E-state index in [-0.39, 0.29) is 24.6 Å². The van der Waals surface area contributed by atoms with Gasteiger partial charge in [-0.2, -0.15) is 18.3 Å². The predicted molar refractivity (Wildman–Crippen MR) is 93.2 cm³/mol. The highest BCUT2D eigenvalue weighted by molar-refractivity contribution is 8.00. The summed E-state index contributed by atoms with van der Waals surface area (Å²) in [5, 5.41) is 16.7. The molecule has 0 fully saturated rings. The Morgan fingerprint density at radius 2 is 2.11 bits per heavy atom. The standard InChI is InChI=1S/C16H14F3N5O2S/c17-16(18,19)10-2-1-3-11(6-10)23-13(26)8-27-15-12-7-22-24(4-5-25)14(12)20-9-21-15/h1-3,6-7,9,25H,4-5,8H2,(H,23,26). The number of halogens is 3. The first-order chi connectivity index (χ1) is 12.9. The number of anilines is 1. The molecule has 3 aromatic rings. The van der Waals surface area contributed by atoms with E-state index < -0.39 is 17.6 Å². The third kappa shape index (κ3) is 4.55. The van der Waals surface area contributed by atoms with Crippen molar-refractivity contribution >= 4 is 34.4 Å². The van der Waals surface area contributed by atoms with Crippen LogP contribution in [-0.2, 0) is 17.5 Å². The third-order valence-electron chi connectivity index (χ3n) is 3.52. The summed E-state index contributed by atoms with van der Waals surface area (Å²) in [5.74, 6) is -0.512. The van der Waals surface area contributed by atoms with E-state index in [9.17, 15) is 18.0 Å². The SMILES string of the molecule is O=C(CSc1ncnc2c1cnn2CCO)Nc1cccc(C(F)(F)F)c1. The second-order valence-corrected chi connectivity index (χ2v) is 6.39. The highest BCUT2D eigenvalue weighted by Crippen LogP contribution is 2.31. The summed E-state index contributed by atoms with van der Waals surface area (Å²) in [7, 11) is 0. The van der Waals surface area contributed by atoms with E-state index in [2.05, 4.69) is 20.4 Å². The molecule has 0 saturated carbocycles. The maximum absolute atomic E-state index is 12.7. The number of rotatable bonds is 6. The van der Waals surface area contributed by atoms with Crippen molar-refractivity contribution in [1.82, 2.24) is 19.7 Å². The Hall–Kier alpha value is -2.66. The third-order valence-corrected chi connectivity index (χ3v) is 4.53. The van der Waals surface area contributed by atoms with Crippen molar-refractivity contribution < 1.29 is 23.1 Å². The van der Waals surface area contributed by atoms with Crippen LogP contribution in [0.3, 0.4) is 0 Å². The van der Waals surface area contributed by atoms with Gasteiger partial charge in [0.15, 0.2) is 5.65 Å². The fourth-order valence-corrected chi connectivity index (χ4v) is 3.11. The van der Waals surface area contributed by atoms with Crippen LogP contribution in [-0.4, -0.2) is 43.1 Å². The summed E-state index contributed by atoms with van der Waals surface area (Å²) < 4.78 is 39.7. The van der Waals surface area contributed by atoms with E-state index in [4.69, 9.17) is 5.11 Å². The van der Waals surface area contributed by atoms with E-state index in [1.54, 1.807) is 0 Å². The second-order valence-electron chi connectivity index (χ2n) is 5.42. The van der Waals surface area contributed by atoms with Crippen LogP contribution >= 0.6 is 11.8 Å². The summed E-state index contributed by atoms with van der Waals surface area (Å²) in [6.07, 6.45) is -1.61. The zero-order chi connectivity index (χ0) is 19.4. The number of hydrogen-bond acceptors (Lipinski definition) is 6. The molecule has 11 heteroatoms. The Balaban J connectivity index is 1.67. The Morgan fingerprint density at radius 3 is 2.85 bits per heavy atom. The van der Waals surface area contributed by atoms with Crippen molar-refractivity contribution in [3.8, 4) is 0 Å². The van der Waals surface area contributed by atoms with E-state index in [0.717, 1.165) is 23.9 Å². The largest absolute Gasteiger partial charge is 0.416 e. The molecule has 0 unspecified atom stereocenters. The lowest BCUT2D eigenvalue weighted by atomic mass is 10.2. The summed E-state index contributed by atoms with van der Waals surface area (Å²) in [6, 6.07) is 4.44. The molecule has 1 amide bonds. The molecule has 7 nitrogen and oxygen atoms in total. The number of alkyl halides is 3. The van der Waals surface area contributed by atoms with Gasteiger partial charge < -0.3 is 10.4 Å². The summed E-state index contributed by atoms with van der Waals surface area (Å²) in [5.41, 5.74) is -0.236. The van der Waals surface area contributed by atoms with Crippen molar-refractivity contribution in [1.29, 1.82) is 0 Å². The molecule has 27 heavy (non-hydrogen) atoms. The van der Waals surface area contributed by atoms with Crippen LogP contribution in [0, 0.1) is 0 Å². The van der Waals surface area contributed by atoms with Gasteiger partial charge in [-0.05, 0) is 18.2 Å². The number of thioether (sulfide) groups is 1. The molecular formula is C16H14F3N5O2S. The van der Waals surface area contributed by atoms with Crippen LogP contribution in [0.2, 0.25) is 0 Å². The summed E-state index contributed by atoms with van der Waals surface area (Å²) in [4.78, 5) is 20.3. The maximum Gasteiger partial charge on any atom is 0.416 e. The van der Waals surface area contributed by atoms with Gasteiger partial charge in [0.1, 0.15) is 11.4 Å². The molecule has 0 radical (unpaired) electrons. The van der Waals surface area contributed by atoms with Crippen molar-refractivity contribution in [3.05, 3.63) is 42.4 Å². The molecule has 0 saturated heterocycles. The maximum atomic E-state index is 12.7. The van der Waals surface area contributed by atoms with Gasteiger partial charge in [-0.25, -0.2) is 14.6 Å². The lowest BCUT2D eigenvalue weighted by Crippen LogP contribution is -2.15. The minimum Gasteiger partial charge on any atom is -0.394 e. The van der Waals surface area contributed by atoms with Gasteiger partial charge in [0, 0.05) is 5.69 Å². The van der Waals surface area contributed by atoms with Crippen molar-refractivity contribution in [2.45, 2.75) is 17.7 Å². The molecule has 2 heterocycles. The van der Waals surface area contributed by atoms with E-state index in [0.29, 0.717) is 16.1 Å². The molecule has 0 bridgehead atoms. The number of aliphatic hydroxyl groups is 1. The molecule has 2 aromatic heterocycles. The molecule has 0 atom stereocenters. The molecule has 3 rings (SSSR count). The lowest BCUT2D eigenvalue weighted by molar-refractivity contribution is -0.137. The van der Waals surface area contributed by atoms with Crippen LogP contribution < -0.4 is 5.32 Å². The van der Waals surface area contributed by atoms with Gasteiger partial charge in [0.05, 0.1) is 36.1 Å². The van der Waals surface area contributed by atoms with Crippen LogP contribution in [0.4, 0.5) is 18.9 Å². The molecule has 0 aliphatic rings. The highest BCUT2D eigenvalue weighted by atomic mass is 32.2. The van der Waals surface area contributed by atoms with E-state index >= 15 is 0 Å². The van der Waals surface area contributed by atoms with Crippen LogP contribution in [0.5, 0.6) is 0 Å². The van der Waals surface area contributed by atoms with Crippen LogP contribution in [0.15, 0.2) is 41.8 Å². The molecule has 1 aromatic carbocycles. The van der Waals surface area contributed by atoms with E-state index in [1.165, 1.54) is 29.3 Å². The lowest BCUT2D eigenvalue weighted by Gasteiger charge is -2.09. The fraction of sp³-hybridized carbons (Fsp3) is 0.250. The fourth-order valence-electron chi connectivity index (χ4n) is 2.35. The molecule has 142 valence electrons. The Kier molecular flexibility index (Phi) is 5.61. The molecule has 0 aliphatic carbocycles. The number of nitrogens with one attached hydrogen (secondary N) is 1. The van der Waals surface area contributed by atoms with Gasteiger partial charge >= 0.3 is 6.18 Å². The minimum absolute atomic E-state index is 0.0481. The number of nitrogens with zero attached hydrogens (tertiary/aromatic N) is 4. The second kappa shape index (κ2) is 7.92. The van der Waals surface area contributed by atoms with Crippen LogP contribution in [0.1, 0.15) is 5.56 Å². The number of aromatic nitrogens is 4. The minimum atomic E-state index is -4.48. The highest BCUT2D eigenvalue weighted by Gasteiger charge is 2.30. The van der Waals surface area contributed by atoms with Gasteiger partial charge in [0.25, 0.3) is 0 Å². The van der Waals surface area contributed by atoms with Gasteiger partial charge in [0.2, 0.25) is 5.91 Å². The first-order valence-electron chi connectivity index (χ1n) is 7.76. The molecule has 0 spiro atoms. The van der Waals surface area contributed by atoms with Crippen molar-refractivity contribution in [2.24, 2.45) is 0 Å². The zero-order valence-corrected chi connectivity index (χ0v) is 14.6. The summed E-state index contributed by atoms with van der Waals surface area (Å²) >= 11 is 1.12. The van der Waals surface area contributed by atoms with Gasteiger partial charge in [-0.15, -0.1) is 0 Å². The van der Waals surface area contributed by atoms with Gasteiger partial charge in [-0.3, -0.25) is 4.79 Å². The van der Waals surface area contributed by atoms with Gasteiger partial charge in [-0.1, -0.05) is 17.8 Å². The average Bonchev–Trinajstić information content (AvgIpc) is 3.03. The van der Waals surface area contributed by atoms with Crippen molar-refractivity contribution in [2.75, 3.05) is 17.7 Å². The summed E-state index contributed by atoms with van der Waals surface area (Å²) in [6.45, 7) is 0.184. The van der Waals surface area contributed by atoms with E-state index in [1.807, 2.05) is 0 Å². The number of amides is 1. The predicted octanol–water partition coefficient (Wildman–Crippen LogP) is 2.57. The number of aliphatic hydroxyl groups excluding tert-OH is 1. The normalized spacial score (nSPS) is 11.7. The number of fused-ring (bicyclic) bond motifs is 1. The molecule has 2 N–H and O–H groups in total. The zero-order valence-electron chi connectivity index (χ0n) is 13.8. The number of benzene rings is 1.